The van der Waals surface area contributed by atoms with Gasteiger partial charge in [0, 0.05) is 29.1 Å². The van der Waals surface area contributed by atoms with E-state index in [2.05, 4.69) is 22.2 Å². The molecule has 1 aliphatic rings. The Kier molecular flexibility index (Phi) is 3.74. The van der Waals surface area contributed by atoms with Crippen LogP contribution < -0.4 is 5.32 Å². The van der Waals surface area contributed by atoms with E-state index in [-0.39, 0.29) is 5.82 Å². The van der Waals surface area contributed by atoms with E-state index in [1.54, 1.807) is 6.07 Å². The zero-order valence-corrected chi connectivity index (χ0v) is 11.6. The van der Waals surface area contributed by atoms with Crippen LogP contribution in [0.4, 0.5) is 4.39 Å². The minimum absolute atomic E-state index is 0.255. The van der Waals surface area contributed by atoms with Crippen LogP contribution in [0.15, 0.2) is 30.5 Å². The van der Waals surface area contributed by atoms with Gasteiger partial charge in [-0.05, 0) is 37.9 Å². The topological polar surface area (TPSA) is 37.8 Å². The highest BCUT2D eigenvalue weighted by Crippen LogP contribution is 2.29. The third-order valence-electron chi connectivity index (χ3n) is 3.72. The molecule has 20 heavy (non-hydrogen) atoms. The molecule has 1 aliphatic carbocycles. The van der Waals surface area contributed by atoms with Crippen LogP contribution in [0.5, 0.6) is 0 Å². The molecular formula is C16H18FN3. The van der Waals surface area contributed by atoms with Crippen LogP contribution in [0, 0.1) is 5.82 Å². The Balaban J connectivity index is 1.97. The van der Waals surface area contributed by atoms with E-state index < -0.39 is 0 Å². The first-order valence-corrected chi connectivity index (χ1v) is 7.13. The minimum atomic E-state index is -0.255. The molecule has 0 radical (unpaired) electrons. The molecule has 0 amide bonds. The minimum Gasteiger partial charge on any atom is -0.310 e. The van der Waals surface area contributed by atoms with Gasteiger partial charge < -0.3 is 5.32 Å². The number of hydrogen-bond donors (Lipinski definition) is 1. The average Bonchev–Trinajstić information content (AvgIpc) is 2.47. The molecule has 0 aliphatic heterocycles. The second kappa shape index (κ2) is 5.67. The van der Waals surface area contributed by atoms with Gasteiger partial charge in [-0.15, -0.1) is 0 Å². The Labute approximate surface area is 118 Å². The van der Waals surface area contributed by atoms with E-state index in [0.717, 1.165) is 37.1 Å². The van der Waals surface area contributed by atoms with E-state index in [4.69, 9.17) is 0 Å². The maximum atomic E-state index is 13.3. The summed E-state index contributed by atoms with van der Waals surface area (Å²) in [5, 5.41) is 3.47. The number of fused-ring (bicyclic) bond motifs is 1. The van der Waals surface area contributed by atoms with Gasteiger partial charge in [0.15, 0.2) is 5.82 Å². The molecule has 1 heterocycles. The summed E-state index contributed by atoms with van der Waals surface area (Å²) in [6.07, 6.45) is 5.13. The molecule has 1 aromatic heterocycles. The highest BCUT2D eigenvalue weighted by molar-refractivity contribution is 5.55. The largest absolute Gasteiger partial charge is 0.310 e. The number of nitrogens with one attached hydrogen (secondary N) is 1. The molecule has 0 bridgehead atoms. The average molecular weight is 271 g/mol. The van der Waals surface area contributed by atoms with Crippen LogP contribution in [0.3, 0.4) is 0 Å². The van der Waals surface area contributed by atoms with Crippen molar-refractivity contribution < 1.29 is 4.39 Å². The number of hydrogen-bond acceptors (Lipinski definition) is 3. The second-order valence-electron chi connectivity index (χ2n) is 5.11. The van der Waals surface area contributed by atoms with Gasteiger partial charge in [-0.3, -0.25) is 0 Å². The summed E-state index contributed by atoms with van der Waals surface area (Å²) in [5.41, 5.74) is 3.02. The summed E-state index contributed by atoms with van der Waals surface area (Å²) in [6, 6.07) is 6.80. The van der Waals surface area contributed by atoms with Crippen LogP contribution in [0.25, 0.3) is 11.4 Å². The fourth-order valence-corrected chi connectivity index (χ4v) is 2.77. The number of aryl methyl sites for hydroxylation is 1. The smallest absolute Gasteiger partial charge is 0.159 e. The van der Waals surface area contributed by atoms with Gasteiger partial charge in [0.05, 0.1) is 0 Å². The van der Waals surface area contributed by atoms with E-state index in [1.807, 2.05) is 12.3 Å². The van der Waals surface area contributed by atoms with Crippen molar-refractivity contribution in [1.29, 1.82) is 0 Å². The molecule has 3 rings (SSSR count). The highest BCUT2D eigenvalue weighted by atomic mass is 19.1. The first kappa shape index (κ1) is 13.2. The van der Waals surface area contributed by atoms with Gasteiger partial charge in [-0.25, -0.2) is 14.4 Å². The Morgan fingerprint density at radius 3 is 3.10 bits per heavy atom. The molecule has 0 saturated carbocycles. The van der Waals surface area contributed by atoms with Crippen molar-refractivity contribution in [3.8, 4) is 11.4 Å². The van der Waals surface area contributed by atoms with E-state index >= 15 is 0 Å². The fraction of sp³-hybridized carbons (Fsp3) is 0.375. The molecule has 2 aromatic rings. The Morgan fingerprint density at radius 1 is 1.40 bits per heavy atom. The van der Waals surface area contributed by atoms with Crippen LogP contribution in [-0.2, 0) is 6.42 Å². The quantitative estimate of drug-likeness (QED) is 0.931. The molecule has 1 N–H and O–H groups in total. The molecule has 0 fully saturated rings. The first-order chi connectivity index (χ1) is 9.78. The molecule has 1 atom stereocenters. The number of halogens is 1. The van der Waals surface area contributed by atoms with Crippen LogP contribution in [0.1, 0.15) is 37.1 Å². The summed E-state index contributed by atoms with van der Waals surface area (Å²) in [5.74, 6) is 0.356. The second-order valence-corrected chi connectivity index (χ2v) is 5.11. The highest BCUT2D eigenvalue weighted by Gasteiger charge is 2.21. The van der Waals surface area contributed by atoms with Gasteiger partial charge in [0.25, 0.3) is 0 Å². The van der Waals surface area contributed by atoms with Crippen molar-refractivity contribution >= 4 is 0 Å². The molecule has 0 saturated heterocycles. The van der Waals surface area contributed by atoms with E-state index in [1.165, 1.54) is 17.7 Å². The molecule has 1 unspecified atom stereocenters. The summed E-state index contributed by atoms with van der Waals surface area (Å²) in [4.78, 5) is 9.06. The SMILES string of the molecule is CCNC1CCCc2nc(-c3cccc(F)c3)ncc21. The third kappa shape index (κ3) is 2.56. The lowest BCUT2D eigenvalue weighted by molar-refractivity contribution is 0.464. The van der Waals surface area contributed by atoms with Crippen LogP contribution in [-0.4, -0.2) is 16.5 Å². The fourth-order valence-electron chi connectivity index (χ4n) is 2.77. The third-order valence-corrected chi connectivity index (χ3v) is 3.72. The molecule has 104 valence electrons. The predicted octanol–water partition coefficient (Wildman–Crippen LogP) is 3.27. The zero-order chi connectivity index (χ0) is 13.9. The van der Waals surface area contributed by atoms with Crippen LogP contribution >= 0.6 is 0 Å². The normalized spacial score (nSPS) is 17.8. The Bertz CT molecular complexity index is 612. The van der Waals surface area contributed by atoms with Gasteiger partial charge in [0.1, 0.15) is 5.82 Å². The van der Waals surface area contributed by atoms with Crippen molar-refractivity contribution in [2.45, 2.75) is 32.2 Å². The van der Waals surface area contributed by atoms with Crippen LogP contribution in [0.2, 0.25) is 0 Å². The summed E-state index contributed by atoms with van der Waals surface area (Å²) in [7, 11) is 0. The molecule has 4 heteroatoms. The number of rotatable bonds is 3. The first-order valence-electron chi connectivity index (χ1n) is 7.13. The summed E-state index contributed by atoms with van der Waals surface area (Å²) in [6.45, 7) is 3.05. The van der Waals surface area contributed by atoms with Crippen molar-refractivity contribution in [2.75, 3.05) is 6.54 Å². The number of nitrogens with zero attached hydrogens (tertiary/aromatic N) is 2. The molecule has 0 spiro atoms. The summed E-state index contributed by atoms with van der Waals surface area (Å²) >= 11 is 0. The lowest BCUT2D eigenvalue weighted by Crippen LogP contribution is -2.25. The monoisotopic (exact) mass is 271 g/mol. The lowest BCUT2D eigenvalue weighted by atomic mass is 9.92. The maximum absolute atomic E-state index is 13.3. The predicted molar refractivity (Wildman–Crippen MR) is 76.8 cm³/mol. The maximum Gasteiger partial charge on any atom is 0.159 e. The molecule has 3 nitrogen and oxygen atoms in total. The van der Waals surface area contributed by atoms with Crippen molar-refractivity contribution in [1.82, 2.24) is 15.3 Å². The number of benzene rings is 1. The standard InChI is InChI=1S/C16H18FN3/c1-2-18-14-7-4-8-15-13(14)10-19-16(20-15)11-5-3-6-12(17)9-11/h3,5-6,9-10,14,18H,2,4,7-8H2,1H3. The zero-order valence-electron chi connectivity index (χ0n) is 11.6. The van der Waals surface area contributed by atoms with Gasteiger partial charge >= 0.3 is 0 Å². The molecular weight excluding hydrogens is 253 g/mol. The Morgan fingerprint density at radius 2 is 2.30 bits per heavy atom. The molecule has 1 aromatic carbocycles. The summed E-state index contributed by atoms with van der Waals surface area (Å²) < 4.78 is 13.3. The van der Waals surface area contributed by atoms with Gasteiger partial charge in [-0.2, -0.15) is 0 Å². The number of aromatic nitrogens is 2. The Hall–Kier alpha value is -1.81. The van der Waals surface area contributed by atoms with Gasteiger partial charge in [-0.1, -0.05) is 19.1 Å². The van der Waals surface area contributed by atoms with Crippen molar-refractivity contribution in [3.63, 3.8) is 0 Å². The lowest BCUT2D eigenvalue weighted by Gasteiger charge is -2.25. The van der Waals surface area contributed by atoms with E-state index in [9.17, 15) is 4.39 Å². The van der Waals surface area contributed by atoms with Crippen molar-refractivity contribution in [2.24, 2.45) is 0 Å². The van der Waals surface area contributed by atoms with Gasteiger partial charge in [0.2, 0.25) is 0 Å². The van der Waals surface area contributed by atoms with Crippen molar-refractivity contribution in [3.05, 3.63) is 47.5 Å². The van der Waals surface area contributed by atoms with E-state index in [0.29, 0.717) is 11.9 Å².